The van der Waals surface area contributed by atoms with E-state index in [4.69, 9.17) is 14.4 Å². The molecule has 5 aromatic rings. The van der Waals surface area contributed by atoms with Crippen molar-refractivity contribution in [2.24, 2.45) is 5.92 Å². The molecule has 2 aromatic heterocycles. The molecular formula is C39H38N6O5S. The Morgan fingerprint density at radius 3 is 2.37 bits per heavy atom. The predicted molar refractivity (Wildman–Crippen MR) is 193 cm³/mol. The minimum Gasteiger partial charge on any atom is -0.481 e. The number of carbonyl (C=O) groups is 2. The molecule has 0 bridgehead atoms. The summed E-state index contributed by atoms with van der Waals surface area (Å²) in [7, 11) is 0. The smallest absolute Gasteiger partial charge is 0.307 e. The standard InChI is InChI=1S/C39H38N6O5S/c1-22-28(5-3-7-30(22)37-41-32-14-24(13-26(15-40)36(32)50-37)16-43-11-9-25(17-43)39(48)49)29-6-4-8-31(23(29)2)38-42-33-19-45(20-34(33)51-38)35(47)21-44-12-10-27(46)18-44/h3-8,13-14,25,27,46H,9-12,16-21H2,1-2H3,(H,48,49)/t25-,27-/m1/s1. The van der Waals surface area contributed by atoms with Crippen molar-refractivity contribution < 1.29 is 24.2 Å². The first-order chi connectivity index (χ1) is 24.6. The lowest BCUT2D eigenvalue weighted by atomic mass is 9.91. The fraction of sp³-hybridized carbons (Fsp3) is 0.359. The van der Waals surface area contributed by atoms with Crippen LogP contribution in [0.15, 0.2) is 52.9 Å². The summed E-state index contributed by atoms with van der Waals surface area (Å²) in [5.74, 6) is -0.620. The summed E-state index contributed by atoms with van der Waals surface area (Å²) in [4.78, 5) is 41.4. The lowest BCUT2D eigenvalue weighted by molar-refractivity contribution is -0.141. The number of nitriles is 1. The summed E-state index contributed by atoms with van der Waals surface area (Å²) >= 11 is 1.64. The number of hydrogen-bond acceptors (Lipinski definition) is 10. The number of thiazole rings is 1. The fourth-order valence-corrected chi connectivity index (χ4v) is 8.88. The van der Waals surface area contributed by atoms with Crippen LogP contribution in [-0.2, 0) is 29.2 Å². The number of rotatable bonds is 8. The lowest BCUT2D eigenvalue weighted by Gasteiger charge is -2.20. The molecule has 2 N–H and O–H groups in total. The summed E-state index contributed by atoms with van der Waals surface area (Å²) in [6, 6.07) is 18.3. The van der Waals surface area contributed by atoms with Gasteiger partial charge in [-0.25, -0.2) is 9.97 Å². The number of carboxylic acids is 1. The normalized spacial score (nSPS) is 19.2. The molecule has 3 aliphatic heterocycles. The number of carbonyl (C=O) groups excluding carboxylic acids is 1. The minimum absolute atomic E-state index is 0.0744. The second kappa shape index (κ2) is 13.3. The van der Waals surface area contributed by atoms with Crippen LogP contribution in [0.5, 0.6) is 0 Å². The van der Waals surface area contributed by atoms with E-state index in [1.54, 1.807) is 11.3 Å². The Hall–Kier alpha value is -4.93. The summed E-state index contributed by atoms with van der Waals surface area (Å²) in [5.41, 5.74) is 9.42. The van der Waals surface area contributed by atoms with Crippen LogP contribution < -0.4 is 0 Å². The monoisotopic (exact) mass is 702 g/mol. The first kappa shape index (κ1) is 33.2. The van der Waals surface area contributed by atoms with Crippen molar-refractivity contribution in [2.75, 3.05) is 32.7 Å². The number of aliphatic carboxylic acids is 1. The third-order valence-corrected chi connectivity index (χ3v) is 11.6. The molecule has 2 fully saturated rings. The van der Waals surface area contributed by atoms with E-state index in [1.807, 2.05) is 34.1 Å². The quantitative estimate of drug-likeness (QED) is 0.210. The molecule has 2 atom stereocenters. The molecule has 1 amide bonds. The first-order valence-corrected chi connectivity index (χ1v) is 18.1. The molecule has 3 aromatic carbocycles. The fourth-order valence-electron chi connectivity index (χ4n) is 7.71. The van der Waals surface area contributed by atoms with E-state index < -0.39 is 5.97 Å². The summed E-state index contributed by atoms with van der Waals surface area (Å²) in [6.45, 7) is 8.60. The zero-order valence-corrected chi connectivity index (χ0v) is 29.4. The van der Waals surface area contributed by atoms with Gasteiger partial charge in [-0.1, -0.05) is 30.3 Å². The van der Waals surface area contributed by atoms with Crippen molar-refractivity contribution in [3.8, 4) is 39.2 Å². The Balaban J connectivity index is 1.04. The number of carboxylic acid groups (broad SMARTS) is 1. The van der Waals surface area contributed by atoms with Gasteiger partial charge in [0.1, 0.15) is 16.6 Å². The Morgan fingerprint density at radius 1 is 0.961 bits per heavy atom. The topological polar surface area (TPSA) is 147 Å². The average molecular weight is 703 g/mol. The zero-order valence-electron chi connectivity index (χ0n) is 28.6. The number of β-amino-alcohol motifs (C(OH)–C–C–N with tert-alkyl or cyclic N) is 1. The molecule has 12 heteroatoms. The lowest BCUT2D eigenvalue weighted by Crippen LogP contribution is -2.37. The van der Waals surface area contributed by atoms with Gasteiger partial charge in [0, 0.05) is 42.2 Å². The highest BCUT2D eigenvalue weighted by Gasteiger charge is 2.31. The number of oxazole rings is 1. The van der Waals surface area contributed by atoms with Gasteiger partial charge in [-0.15, -0.1) is 11.3 Å². The largest absolute Gasteiger partial charge is 0.481 e. The van der Waals surface area contributed by atoms with Gasteiger partial charge in [0.15, 0.2) is 5.58 Å². The number of amides is 1. The van der Waals surface area contributed by atoms with Crippen LogP contribution in [0, 0.1) is 31.1 Å². The van der Waals surface area contributed by atoms with E-state index >= 15 is 0 Å². The molecule has 0 aliphatic carbocycles. The molecule has 51 heavy (non-hydrogen) atoms. The second-order valence-corrected chi connectivity index (χ2v) is 15.0. The summed E-state index contributed by atoms with van der Waals surface area (Å²) < 4.78 is 6.27. The van der Waals surface area contributed by atoms with Gasteiger partial charge in [-0.3, -0.25) is 19.4 Å². The van der Waals surface area contributed by atoms with Gasteiger partial charge >= 0.3 is 5.97 Å². The van der Waals surface area contributed by atoms with Crippen LogP contribution in [0.3, 0.4) is 0 Å². The van der Waals surface area contributed by atoms with Gasteiger partial charge in [-0.05, 0) is 79.3 Å². The number of likely N-dealkylation sites (tertiary alicyclic amines) is 2. The van der Waals surface area contributed by atoms with E-state index in [0.717, 1.165) is 61.1 Å². The third kappa shape index (κ3) is 6.31. The summed E-state index contributed by atoms with van der Waals surface area (Å²) in [6.07, 6.45) is 0.992. The van der Waals surface area contributed by atoms with Crippen molar-refractivity contribution in [1.82, 2.24) is 24.7 Å². The van der Waals surface area contributed by atoms with Crippen LogP contribution in [-0.4, -0.2) is 85.6 Å². The first-order valence-electron chi connectivity index (χ1n) is 17.3. The number of nitrogens with zero attached hydrogens (tertiary/aromatic N) is 6. The Bertz CT molecular complexity index is 2210. The van der Waals surface area contributed by atoms with Gasteiger partial charge in [-0.2, -0.15) is 5.26 Å². The highest BCUT2D eigenvalue weighted by molar-refractivity contribution is 7.15. The average Bonchev–Trinajstić information content (AvgIpc) is 3.94. The molecule has 260 valence electrons. The van der Waals surface area contributed by atoms with Crippen LogP contribution >= 0.6 is 11.3 Å². The maximum atomic E-state index is 13.0. The van der Waals surface area contributed by atoms with Crippen molar-refractivity contribution >= 4 is 34.3 Å². The Labute approximate surface area is 299 Å². The number of aliphatic hydroxyl groups excluding tert-OH is 1. The number of aliphatic hydroxyl groups is 1. The second-order valence-electron chi connectivity index (χ2n) is 14.0. The molecular weight excluding hydrogens is 665 g/mol. The number of aromatic nitrogens is 2. The minimum atomic E-state index is -0.768. The molecule has 2 saturated heterocycles. The number of benzene rings is 3. The van der Waals surface area contributed by atoms with Gasteiger partial charge < -0.3 is 19.5 Å². The van der Waals surface area contributed by atoms with E-state index in [9.17, 15) is 25.1 Å². The molecule has 0 unspecified atom stereocenters. The van der Waals surface area contributed by atoms with Crippen LogP contribution in [0.1, 0.15) is 45.7 Å². The molecule has 11 nitrogen and oxygen atoms in total. The van der Waals surface area contributed by atoms with Crippen LogP contribution in [0.25, 0.3) is 44.3 Å². The molecule has 0 radical (unpaired) electrons. The third-order valence-electron chi connectivity index (χ3n) is 10.5. The molecule has 3 aliphatic rings. The predicted octanol–water partition coefficient (Wildman–Crippen LogP) is 5.59. The highest BCUT2D eigenvalue weighted by atomic mass is 32.1. The number of hydrogen-bond donors (Lipinski definition) is 2. The van der Waals surface area contributed by atoms with E-state index in [1.165, 1.54) is 0 Å². The SMILES string of the molecule is Cc1c(-c2nc3cc(CN4CC[C@@H](C(=O)O)C4)cc(C#N)c3o2)cccc1-c1cccc(-c2nc3c(s2)CN(C(=O)CN2CC[C@@H](O)C2)C3)c1C. The molecule has 0 saturated carbocycles. The molecule has 8 rings (SSSR count). The van der Waals surface area contributed by atoms with Gasteiger partial charge in [0.2, 0.25) is 11.8 Å². The maximum Gasteiger partial charge on any atom is 0.307 e. The van der Waals surface area contributed by atoms with Gasteiger partial charge in [0.05, 0.1) is 42.9 Å². The van der Waals surface area contributed by atoms with E-state index in [-0.39, 0.29) is 17.9 Å². The van der Waals surface area contributed by atoms with Crippen LogP contribution in [0.4, 0.5) is 0 Å². The van der Waals surface area contributed by atoms with Crippen molar-refractivity contribution in [3.05, 3.63) is 81.4 Å². The maximum absolute atomic E-state index is 13.0. The van der Waals surface area contributed by atoms with Crippen molar-refractivity contribution in [3.63, 3.8) is 0 Å². The van der Waals surface area contributed by atoms with Crippen LogP contribution in [0.2, 0.25) is 0 Å². The Morgan fingerprint density at radius 2 is 1.69 bits per heavy atom. The van der Waals surface area contributed by atoms with Crippen molar-refractivity contribution in [1.29, 1.82) is 5.26 Å². The zero-order chi connectivity index (χ0) is 35.4. The molecule has 5 heterocycles. The molecule has 0 spiro atoms. The summed E-state index contributed by atoms with van der Waals surface area (Å²) in [5, 5.41) is 30.2. The van der Waals surface area contributed by atoms with E-state index in [0.29, 0.717) is 81.2 Å². The highest BCUT2D eigenvalue weighted by Crippen LogP contribution is 2.40. The Kier molecular flexibility index (Phi) is 8.68. The van der Waals surface area contributed by atoms with E-state index in [2.05, 4.69) is 49.1 Å². The number of fused-ring (bicyclic) bond motifs is 2. The van der Waals surface area contributed by atoms with Gasteiger partial charge in [0.25, 0.3) is 0 Å². The van der Waals surface area contributed by atoms with Crippen molar-refractivity contribution in [2.45, 2.75) is 52.4 Å².